The van der Waals surface area contributed by atoms with E-state index in [2.05, 4.69) is 5.32 Å². The summed E-state index contributed by atoms with van der Waals surface area (Å²) in [5.41, 5.74) is 0.733. The molecule has 17 heavy (non-hydrogen) atoms. The van der Waals surface area contributed by atoms with Crippen LogP contribution in [-0.4, -0.2) is 30.4 Å². The molecule has 1 fully saturated rings. The maximum atomic E-state index is 13.6. The maximum absolute atomic E-state index is 13.6. The van der Waals surface area contributed by atoms with Gasteiger partial charge in [-0.05, 0) is 12.1 Å². The molecule has 0 aromatic heterocycles. The van der Waals surface area contributed by atoms with E-state index in [0.717, 1.165) is 6.54 Å². The summed E-state index contributed by atoms with van der Waals surface area (Å²) in [6.07, 6.45) is 0. The van der Waals surface area contributed by atoms with Crippen LogP contribution in [0.3, 0.4) is 0 Å². The van der Waals surface area contributed by atoms with E-state index in [0.29, 0.717) is 18.7 Å². The minimum atomic E-state index is -0.435. The fourth-order valence-corrected chi connectivity index (χ4v) is 1.76. The Morgan fingerprint density at radius 1 is 1.53 bits per heavy atom. The highest BCUT2D eigenvalue weighted by atomic mass is 19.1. The Kier molecular flexibility index (Phi) is 3.35. The van der Waals surface area contributed by atoms with E-state index in [1.807, 2.05) is 6.07 Å². The van der Waals surface area contributed by atoms with Gasteiger partial charge in [-0.1, -0.05) is 6.07 Å². The van der Waals surface area contributed by atoms with E-state index in [-0.39, 0.29) is 18.0 Å². The summed E-state index contributed by atoms with van der Waals surface area (Å²) in [5.74, 6) is -0.463. The summed E-state index contributed by atoms with van der Waals surface area (Å²) in [5, 5.41) is 11.6. The number of benzene rings is 1. The molecule has 0 bridgehead atoms. The van der Waals surface area contributed by atoms with Gasteiger partial charge in [-0.3, -0.25) is 4.79 Å². The molecule has 0 radical (unpaired) electrons. The van der Waals surface area contributed by atoms with Gasteiger partial charge in [-0.25, -0.2) is 4.39 Å². The first-order chi connectivity index (χ1) is 8.20. The Morgan fingerprint density at radius 2 is 2.35 bits per heavy atom. The Balaban J connectivity index is 2.13. The van der Waals surface area contributed by atoms with Crippen molar-refractivity contribution in [1.29, 1.82) is 5.26 Å². The number of nitrogens with one attached hydrogen (secondary N) is 1. The number of hydrogen-bond donors (Lipinski definition) is 1. The van der Waals surface area contributed by atoms with E-state index >= 15 is 0 Å². The molecule has 1 aromatic carbocycles. The maximum Gasteiger partial charge on any atom is 0.236 e. The lowest BCUT2D eigenvalue weighted by Crippen LogP contribution is -2.47. The lowest BCUT2D eigenvalue weighted by atomic mass is 10.1. The molecule has 1 heterocycles. The van der Waals surface area contributed by atoms with Crippen LogP contribution in [0, 0.1) is 17.1 Å². The van der Waals surface area contributed by atoms with Crippen LogP contribution in [0.2, 0.25) is 0 Å². The van der Waals surface area contributed by atoms with Crippen LogP contribution in [0.4, 0.5) is 4.39 Å². The Labute approximate surface area is 98.6 Å². The summed E-state index contributed by atoms with van der Waals surface area (Å²) < 4.78 is 13.6. The van der Waals surface area contributed by atoms with E-state index in [4.69, 9.17) is 5.26 Å². The van der Waals surface area contributed by atoms with Gasteiger partial charge in [0.2, 0.25) is 5.91 Å². The number of piperazine rings is 1. The van der Waals surface area contributed by atoms with Crippen molar-refractivity contribution in [1.82, 2.24) is 10.2 Å². The van der Waals surface area contributed by atoms with Crippen LogP contribution >= 0.6 is 0 Å². The number of carbonyl (C=O) groups is 1. The van der Waals surface area contributed by atoms with Crippen molar-refractivity contribution in [3.8, 4) is 6.07 Å². The normalized spacial score (nSPS) is 15.8. The van der Waals surface area contributed by atoms with Gasteiger partial charge in [-0.2, -0.15) is 5.26 Å². The summed E-state index contributed by atoms with van der Waals surface area (Å²) in [4.78, 5) is 13.1. The Hall–Kier alpha value is -1.93. The van der Waals surface area contributed by atoms with Gasteiger partial charge in [0.15, 0.2) is 0 Å². The van der Waals surface area contributed by atoms with Crippen molar-refractivity contribution in [2.45, 2.75) is 6.54 Å². The van der Waals surface area contributed by atoms with Crippen molar-refractivity contribution in [2.75, 3.05) is 19.6 Å². The summed E-state index contributed by atoms with van der Waals surface area (Å²) in [6, 6.07) is 6.19. The third-order valence-corrected chi connectivity index (χ3v) is 2.73. The summed E-state index contributed by atoms with van der Waals surface area (Å²) in [7, 11) is 0. The Bertz CT molecular complexity index is 481. The van der Waals surface area contributed by atoms with E-state index in [9.17, 15) is 9.18 Å². The highest BCUT2D eigenvalue weighted by Crippen LogP contribution is 2.13. The molecule has 1 aliphatic heterocycles. The molecule has 1 saturated heterocycles. The predicted molar refractivity (Wildman–Crippen MR) is 59.4 cm³/mol. The predicted octanol–water partition coefficient (Wildman–Crippen LogP) is 0.629. The first-order valence-electron chi connectivity index (χ1n) is 5.38. The zero-order valence-electron chi connectivity index (χ0n) is 9.24. The van der Waals surface area contributed by atoms with Crippen molar-refractivity contribution in [2.24, 2.45) is 0 Å². The molecule has 0 spiro atoms. The van der Waals surface area contributed by atoms with Crippen molar-refractivity contribution < 1.29 is 9.18 Å². The molecule has 1 aliphatic rings. The lowest BCUT2D eigenvalue weighted by Gasteiger charge is -2.27. The number of carbonyl (C=O) groups excluding carboxylic acids is 1. The molecule has 0 aliphatic carbocycles. The fraction of sp³-hybridized carbons (Fsp3) is 0.333. The van der Waals surface area contributed by atoms with Gasteiger partial charge in [0.1, 0.15) is 5.82 Å². The third kappa shape index (κ3) is 2.60. The first kappa shape index (κ1) is 11.6. The van der Waals surface area contributed by atoms with Gasteiger partial charge in [0.05, 0.1) is 18.2 Å². The molecule has 2 rings (SSSR count). The minimum Gasteiger partial charge on any atom is -0.336 e. The highest BCUT2D eigenvalue weighted by Gasteiger charge is 2.18. The van der Waals surface area contributed by atoms with Gasteiger partial charge < -0.3 is 10.2 Å². The van der Waals surface area contributed by atoms with Crippen molar-refractivity contribution in [3.63, 3.8) is 0 Å². The van der Waals surface area contributed by atoms with Gasteiger partial charge in [-0.15, -0.1) is 0 Å². The average molecular weight is 233 g/mol. The molecular weight excluding hydrogens is 221 g/mol. The number of nitriles is 1. The van der Waals surface area contributed by atoms with Gasteiger partial charge in [0, 0.05) is 25.2 Å². The number of halogens is 1. The summed E-state index contributed by atoms with van der Waals surface area (Å²) in [6.45, 7) is 1.87. The zero-order chi connectivity index (χ0) is 12.3. The molecule has 5 heteroatoms. The molecule has 4 nitrogen and oxygen atoms in total. The topological polar surface area (TPSA) is 56.1 Å². The SMILES string of the molecule is N#Cc1ccc(CN2CCNCC2=O)c(F)c1. The number of amides is 1. The van der Waals surface area contributed by atoms with Crippen molar-refractivity contribution >= 4 is 5.91 Å². The quantitative estimate of drug-likeness (QED) is 0.815. The standard InChI is InChI=1S/C12H12FN3O/c13-11-5-9(6-14)1-2-10(11)8-16-4-3-15-7-12(16)17/h1-2,5,15H,3-4,7-8H2. The molecule has 1 N–H and O–H groups in total. The molecule has 88 valence electrons. The molecular formula is C12H12FN3O. The van der Waals surface area contributed by atoms with Gasteiger partial charge >= 0.3 is 0 Å². The van der Waals surface area contributed by atoms with Crippen LogP contribution in [0.5, 0.6) is 0 Å². The number of rotatable bonds is 2. The molecule has 1 amide bonds. The second-order valence-electron chi connectivity index (χ2n) is 3.91. The molecule has 1 aromatic rings. The number of nitrogens with zero attached hydrogens (tertiary/aromatic N) is 2. The highest BCUT2D eigenvalue weighted by molar-refractivity contribution is 5.79. The number of hydrogen-bond acceptors (Lipinski definition) is 3. The van der Waals surface area contributed by atoms with E-state index in [1.165, 1.54) is 6.07 Å². The third-order valence-electron chi connectivity index (χ3n) is 2.73. The molecule has 0 saturated carbocycles. The lowest BCUT2D eigenvalue weighted by molar-refractivity contribution is -0.132. The van der Waals surface area contributed by atoms with E-state index < -0.39 is 5.82 Å². The average Bonchev–Trinajstić information content (AvgIpc) is 2.34. The van der Waals surface area contributed by atoms with Gasteiger partial charge in [0.25, 0.3) is 0 Å². The van der Waals surface area contributed by atoms with Crippen LogP contribution in [0.1, 0.15) is 11.1 Å². The Morgan fingerprint density at radius 3 is 3.00 bits per heavy atom. The van der Waals surface area contributed by atoms with Crippen LogP contribution in [0.25, 0.3) is 0 Å². The fourth-order valence-electron chi connectivity index (χ4n) is 1.76. The largest absolute Gasteiger partial charge is 0.336 e. The van der Waals surface area contributed by atoms with Crippen LogP contribution in [0.15, 0.2) is 18.2 Å². The smallest absolute Gasteiger partial charge is 0.236 e. The van der Waals surface area contributed by atoms with Crippen LogP contribution < -0.4 is 5.32 Å². The minimum absolute atomic E-state index is 0.0278. The second kappa shape index (κ2) is 4.93. The van der Waals surface area contributed by atoms with Crippen LogP contribution in [-0.2, 0) is 11.3 Å². The molecule has 0 atom stereocenters. The monoisotopic (exact) mass is 233 g/mol. The molecule has 0 unspecified atom stereocenters. The second-order valence-corrected chi connectivity index (χ2v) is 3.91. The zero-order valence-corrected chi connectivity index (χ0v) is 9.24. The van der Waals surface area contributed by atoms with E-state index in [1.54, 1.807) is 17.0 Å². The first-order valence-corrected chi connectivity index (χ1v) is 5.38. The van der Waals surface area contributed by atoms with Crippen molar-refractivity contribution in [3.05, 3.63) is 35.1 Å². The summed E-state index contributed by atoms with van der Waals surface area (Å²) >= 11 is 0.